The maximum Gasteiger partial charge on any atom is 0.416 e. The van der Waals surface area contributed by atoms with Gasteiger partial charge in [0, 0.05) is 32.3 Å². The van der Waals surface area contributed by atoms with Crippen LogP contribution in [0.3, 0.4) is 0 Å². The van der Waals surface area contributed by atoms with Crippen molar-refractivity contribution in [3.63, 3.8) is 0 Å². The number of aromatic nitrogens is 2. The van der Waals surface area contributed by atoms with Crippen molar-refractivity contribution >= 4 is 9.84 Å². The topological polar surface area (TPSA) is 83.1 Å². The van der Waals surface area contributed by atoms with Gasteiger partial charge in [0.05, 0.1) is 16.8 Å². The van der Waals surface area contributed by atoms with Crippen LogP contribution in [0.4, 0.5) is 13.2 Å². The molecule has 0 aliphatic carbocycles. The average molecular weight is 387 g/mol. The molecule has 0 saturated carbocycles. The van der Waals surface area contributed by atoms with Gasteiger partial charge in [-0.15, -0.1) is 0 Å². The molecule has 2 aromatic rings. The second-order valence-electron chi connectivity index (χ2n) is 6.18. The molecule has 0 spiro atoms. The fraction of sp³-hybridized carbons (Fsp3) is 0.375. The van der Waals surface area contributed by atoms with Gasteiger partial charge in [-0.05, 0) is 11.6 Å². The zero-order valence-corrected chi connectivity index (χ0v) is 14.6. The molecule has 0 saturated heterocycles. The Kier molecular flexibility index (Phi) is 4.65. The Morgan fingerprint density at radius 1 is 1.27 bits per heavy atom. The zero-order chi connectivity index (χ0) is 19.1. The monoisotopic (exact) mass is 387 g/mol. The van der Waals surface area contributed by atoms with Crippen molar-refractivity contribution in [3.8, 4) is 0 Å². The van der Waals surface area contributed by atoms with Crippen molar-refractivity contribution in [1.82, 2.24) is 14.9 Å². The smallest absolute Gasteiger partial charge is 0.297 e. The standard InChI is InChI=1S/C16H16F3N3O3S/c1-26(24,25)15-20-13-6-7-22(9-11(13)14(23)21-15)8-10-4-2-3-5-12(10)16(17,18)19/h2-5H,6-9H2,1H3,(H,20,21,23). The molecule has 0 atom stereocenters. The van der Waals surface area contributed by atoms with Crippen molar-refractivity contribution in [1.29, 1.82) is 0 Å². The van der Waals surface area contributed by atoms with Crippen LogP contribution in [-0.2, 0) is 35.5 Å². The number of aromatic amines is 1. The third kappa shape index (κ3) is 3.80. The minimum atomic E-state index is -4.45. The Morgan fingerprint density at radius 2 is 1.96 bits per heavy atom. The van der Waals surface area contributed by atoms with Gasteiger partial charge in [0.15, 0.2) is 0 Å². The molecule has 0 bridgehead atoms. The van der Waals surface area contributed by atoms with Crippen molar-refractivity contribution < 1.29 is 21.6 Å². The van der Waals surface area contributed by atoms with E-state index in [-0.39, 0.29) is 30.6 Å². The molecule has 0 amide bonds. The van der Waals surface area contributed by atoms with E-state index in [1.54, 1.807) is 4.90 Å². The number of nitrogens with zero attached hydrogens (tertiary/aromatic N) is 2. The van der Waals surface area contributed by atoms with Crippen LogP contribution < -0.4 is 5.56 Å². The number of sulfone groups is 1. The van der Waals surface area contributed by atoms with Crippen LogP contribution in [0.25, 0.3) is 0 Å². The van der Waals surface area contributed by atoms with Crippen LogP contribution in [0.15, 0.2) is 34.2 Å². The van der Waals surface area contributed by atoms with Gasteiger partial charge < -0.3 is 0 Å². The molecule has 1 N–H and O–H groups in total. The van der Waals surface area contributed by atoms with Crippen molar-refractivity contribution in [3.05, 3.63) is 57.0 Å². The van der Waals surface area contributed by atoms with E-state index in [1.165, 1.54) is 18.2 Å². The number of rotatable bonds is 3. The first-order valence-corrected chi connectivity index (χ1v) is 9.64. The molecule has 1 aliphatic heterocycles. The summed E-state index contributed by atoms with van der Waals surface area (Å²) in [5.74, 6) is 0. The van der Waals surface area contributed by atoms with E-state index in [0.29, 0.717) is 12.2 Å². The lowest BCUT2D eigenvalue weighted by Crippen LogP contribution is -2.36. The molecule has 1 aliphatic rings. The van der Waals surface area contributed by atoms with Crippen LogP contribution in [-0.4, -0.2) is 36.1 Å². The highest BCUT2D eigenvalue weighted by Crippen LogP contribution is 2.32. The van der Waals surface area contributed by atoms with Gasteiger partial charge in [-0.1, -0.05) is 18.2 Å². The minimum Gasteiger partial charge on any atom is -0.297 e. The summed E-state index contributed by atoms with van der Waals surface area (Å²) in [5, 5.41) is -0.392. The molecule has 0 radical (unpaired) electrons. The molecule has 140 valence electrons. The van der Waals surface area contributed by atoms with E-state index in [2.05, 4.69) is 9.97 Å². The van der Waals surface area contributed by atoms with E-state index in [1.807, 2.05) is 0 Å². The summed E-state index contributed by atoms with van der Waals surface area (Å²) in [6.45, 7) is 0.509. The van der Waals surface area contributed by atoms with E-state index in [9.17, 15) is 26.4 Å². The second-order valence-corrected chi connectivity index (χ2v) is 8.12. The largest absolute Gasteiger partial charge is 0.416 e. The summed E-state index contributed by atoms with van der Waals surface area (Å²) in [6.07, 6.45) is -3.22. The predicted molar refractivity (Wildman–Crippen MR) is 87.2 cm³/mol. The Labute approximate surface area is 147 Å². The first-order valence-electron chi connectivity index (χ1n) is 7.75. The summed E-state index contributed by atoms with van der Waals surface area (Å²) in [5.41, 5.74) is -0.502. The normalized spacial score (nSPS) is 15.7. The minimum absolute atomic E-state index is 0.0301. The van der Waals surface area contributed by atoms with Crippen LogP contribution in [0.1, 0.15) is 22.4 Å². The van der Waals surface area contributed by atoms with Gasteiger partial charge in [0.1, 0.15) is 0 Å². The Morgan fingerprint density at radius 3 is 2.62 bits per heavy atom. The lowest BCUT2D eigenvalue weighted by atomic mass is 10.0. The maximum atomic E-state index is 13.1. The van der Waals surface area contributed by atoms with E-state index < -0.39 is 32.3 Å². The third-order valence-electron chi connectivity index (χ3n) is 4.19. The van der Waals surface area contributed by atoms with Crippen LogP contribution in [0, 0.1) is 0 Å². The Bertz CT molecular complexity index is 1000. The van der Waals surface area contributed by atoms with E-state index in [4.69, 9.17) is 0 Å². The molecule has 0 unspecified atom stereocenters. The summed E-state index contributed by atoms with van der Waals surface area (Å²) in [7, 11) is -3.65. The number of nitrogens with one attached hydrogen (secondary N) is 1. The number of benzene rings is 1. The fourth-order valence-corrected chi connectivity index (χ4v) is 3.50. The molecule has 10 heteroatoms. The van der Waals surface area contributed by atoms with Crippen LogP contribution in [0.5, 0.6) is 0 Å². The lowest BCUT2D eigenvalue weighted by molar-refractivity contribution is -0.138. The molecular weight excluding hydrogens is 371 g/mol. The first-order chi connectivity index (χ1) is 12.1. The highest BCUT2D eigenvalue weighted by Gasteiger charge is 2.33. The molecule has 3 rings (SSSR count). The quantitative estimate of drug-likeness (QED) is 0.812. The van der Waals surface area contributed by atoms with Crippen molar-refractivity contribution in [2.24, 2.45) is 0 Å². The third-order valence-corrected chi connectivity index (χ3v) is 5.09. The number of alkyl halides is 3. The highest BCUT2D eigenvalue weighted by atomic mass is 32.2. The predicted octanol–water partition coefficient (Wildman–Crippen LogP) is 1.75. The van der Waals surface area contributed by atoms with Crippen LogP contribution in [0.2, 0.25) is 0 Å². The van der Waals surface area contributed by atoms with Crippen molar-refractivity contribution in [2.75, 3.05) is 12.8 Å². The number of hydrogen-bond acceptors (Lipinski definition) is 5. The van der Waals surface area contributed by atoms with Gasteiger partial charge in [-0.25, -0.2) is 13.4 Å². The summed E-state index contributed by atoms with van der Waals surface area (Å²) >= 11 is 0. The fourth-order valence-electron chi connectivity index (χ4n) is 2.94. The average Bonchev–Trinajstić information content (AvgIpc) is 2.54. The number of fused-ring (bicyclic) bond motifs is 1. The number of halogens is 3. The SMILES string of the molecule is CS(=O)(=O)c1nc2c(c(=O)[nH]1)CN(Cc1ccccc1C(F)(F)F)CC2. The van der Waals surface area contributed by atoms with Gasteiger partial charge in [-0.2, -0.15) is 13.2 Å². The Balaban J connectivity index is 1.88. The summed E-state index contributed by atoms with van der Waals surface area (Å²) in [6, 6.07) is 5.31. The molecule has 1 aromatic heterocycles. The van der Waals surface area contributed by atoms with E-state index >= 15 is 0 Å². The first kappa shape index (κ1) is 18.6. The molecule has 26 heavy (non-hydrogen) atoms. The van der Waals surface area contributed by atoms with Gasteiger partial charge in [-0.3, -0.25) is 14.7 Å². The van der Waals surface area contributed by atoms with Gasteiger partial charge >= 0.3 is 6.18 Å². The number of hydrogen-bond donors (Lipinski definition) is 1. The van der Waals surface area contributed by atoms with Gasteiger partial charge in [0.2, 0.25) is 15.0 Å². The molecule has 2 heterocycles. The summed E-state index contributed by atoms with van der Waals surface area (Å²) < 4.78 is 62.5. The number of H-pyrrole nitrogens is 1. The summed E-state index contributed by atoms with van der Waals surface area (Å²) in [4.78, 5) is 20.1. The van der Waals surface area contributed by atoms with Gasteiger partial charge in [0.25, 0.3) is 5.56 Å². The Hall–Kier alpha value is -2.20. The van der Waals surface area contributed by atoms with Crippen molar-refractivity contribution in [2.45, 2.75) is 30.8 Å². The maximum absolute atomic E-state index is 13.1. The molecule has 0 fully saturated rings. The molecule has 1 aromatic carbocycles. The second kappa shape index (κ2) is 6.51. The highest BCUT2D eigenvalue weighted by molar-refractivity contribution is 7.90. The molecule has 6 nitrogen and oxygen atoms in total. The zero-order valence-electron chi connectivity index (χ0n) is 13.8. The van der Waals surface area contributed by atoms with Crippen LogP contribution >= 0.6 is 0 Å². The van der Waals surface area contributed by atoms with E-state index in [0.717, 1.165) is 12.3 Å². The molecular formula is C16H16F3N3O3S. The lowest BCUT2D eigenvalue weighted by Gasteiger charge is -2.28.